The van der Waals surface area contributed by atoms with Gasteiger partial charge in [-0.2, -0.15) is 0 Å². The highest BCUT2D eigenvalue weighted by Gasteiger charge is 2.09. The van der Waals surface area contributed by atoms with Crippen molar-refractivity contribution >= 4 is 0 Å². The maximum absolute atomic E-state index is 5.67. The molecule has 0 spiro atoms. The van der Waals surface area contributed by atoms with Gasteiger partial charge in [-0.3, -0.25) is 0 Å². The molecule has 0 aliphatic carbocycles. The first kappa shape index (κ1) is 17.8. The zero-order valence-corrected chi connectivity index (χ0v) is 12.4. The summed E-state index contributed by atoms with van der Waals surface area (Å²) < 4.78 is 22.1. The van der Waals surface area contributed by atoms with E-state index in [1.165, 1.54) is 0 Å². The molecule has 4 nitrogen and oxygen atoms in total. The number of hydrogen-bond donors (Lipinski definition) is 0. The Labute approximate surface area is 112 Å². The van der Waals surface area contributed by atoms with Gasteiger partial charge in [0, 0.05) is 26.4 Å². The van der Waals surface area contributed by atoms with Gasteiger partial charge in [-0.05, 0) is 33.6 Å². The molecule has 18 heavy (non-hydrogen) atoms. The summed E-state index contributed by atoms with van der Waals surface area (Å²) >= 11 is 0. The van der Waals surface area contributed by atoms with Gasteiger partial charge in [0.1, 0.15) is 6.10 Å². The molecule has 0 aromatic rings. The first-order chi connectivity index (χ1) is 8.74. The Bertz CT molecular complexity index is 156. The van der Waals surface area contributed by atoms with Gasteiger partial charge in [0.05, 0.1) is 19.3 Å². The van der Waals surface area contributed by atoms with Crippen LogP contribution < -0.4 is 0 Å². The average molecular weight is 262 g/mol. The normalized spacial score (nSPS) is 14.7. The van der Waals surface area contributed by atoms with Crippen LogP contribution in [-0.4, -0.2) is 51.8 Å². The van der Waals surface area contributed by atoms with E-state index in [0.717, 1.165) is 26.1 Å². The fourth-order valence-electron chi connectivity index (χ4n) is 1.51. The summed E-state index contributed by atoms with van der Waals surface area (Å²) in [4.78, 5) is 0. The topological polar surface area (TPSA) is 36.9 Å². The minimum Gasteiger partial charge on any atom is -0.379 e. The van der Waals surface area contributed by atoms with Gasteiger partial charge >= 0.3 is 0 Å². The summed E-state index contributed by atoms with van der Waals surface area (Å²) in [5.41, 5.74) is 0. The second kappa shape index (κ2) is 13.3. The largest absolute Gasteiger partial charge is 0.379 e. The lowest BCUT2D eigenvalue weighted by Gasteiger charge is -2.18. The van der Waals surface area contributed by atoms with Gasteiger partial charge in [0.2, 0.25) is 0 Å². The Kier molecular flexibility index (Phi) is 13.2. The molecule has 2 unspecified atom stereocenters. The lowest BCUT2D eigenvalue weighted by Crippen LogP contribution is -2.27. The van der Waals surface area contributed by atoms with Crippen molar-refractivity contribution in [2.45, 2.75) is 52.7 Å². The molecule has 0 N–H and O–H groups in total. The summed E-state index contributed by atoms with van der Waals surface area (Å²) in [6.45, 7) is 12.3. The molecule has 0 aromatic heterocycles. The van der Waals surface area contributed by atoms with Crippen molar-refractivity contribution in [1.29, 1.82) is 0 Å². The molecule has 0 heterocycles. The van der Waals surface area contributed by atoms with E-state index in [-0.39, 0.29) is 12.2 Å². The molecular formula is C14H30O4. The van der Waals surface area contributed by atoms with E-state index in [9.17, 15) is 0 Å². The highest BCUT2D eigenvalue weighted by atomic mass is 16.6. The second-order valence-electron chi connectivity index (χ2n) is 4.28. The summed E-state index contributed by atoms with van der Waals surface area (Å²) in [6.07, 6.45) is 2.25. The van der Waals surface area contributed by atoms with Crippen LogP contribution in [0.1, 0.15) is 40.5 Å². The van der Waals surface area contributed by atoms with Gasteiger partial charge in [-0.25, -0.2) is 0 Å². The molecule has 2 atom stereocenters. The van der Waals surface area contributed by atoms with Crippen LogP contribution in [0.15, 0.2) is 0 Å². The minimum absolute atomic E-state index is 0.0484. The van der Waals surface area contributed by atoms with Gasteiger partial charge in [0.15, 0.2) is 0 Å². The Hall–Kier alpha value is -0.160. The lowest BCUT2D eigenvalue weighted by atomic mass is 10.3. The van der Waals surface area contributed by atoms with Crippen molar-refractivity contribution in [3.8, 4) is 0 Å². The molecule has 0 rings (SSSR count). The average Bonchev–Trinajstić information content (AvgIpc) is 2.37. The van der Waals surface area contributed by atoms with Gasteiger partial charge in [-0.1, -0.05) is 6.92 Å². The smallest absolute Gasteiger partial charge is 0.104 e. The van der Waals surface area contributed by atoms with E-state index in [0.29, 0.717) is 26.4 Å². The lowest BCUT2D eigenvalue weighted by molar-refractivity contribution is -0.0626. The van der Waals surface area contributed by atoms with E-state index in [2.05, 4.69) is 13.8 Å². The summed E-state index contributed by atoms with van der Waals surface area (Å²) in [5.74, 6) is 0. The third-order valence-electron chi connectivity index (χ3n) is 2.49. The third kappa shape index (κ3) is 11.0. The Balaban J connectivity index is 3.60. The van der Waals surface area contributed by atoms with Crippen LogP contribution in [0.5, 0.6) is 0 Å². The molecule has 0 aromatic carbocycles. The van der Waals surface area contributed by atoms with Gasteiger partial charge in [0.25, 0.3) is 0 Å². The van der Waals surface area contributed by atoms with Crippen molar-refractivity contribution < 1.29 is 18.9 Å². The fraction of sp³-hybridized carbons (Fsp3) is 1.00. The molecule has 0 aliphatic heterocycles. The standard InChI is InChI=1S/C14H30O4/c1-5-9-18-14(11-15-6-2)12-16-10-8-13(4)17-7-3/h13-14H,5-12H2,1-4H3. The van der Waals surface area contributed by atoms with Crippen molar-refractivity contribution in [2.24, 2.45) is 0 Å². The predicted molar refractivity (Wildman–Crippen MR) is 73.0 cm³/mol. The van der Waals surface area contributed by atoms with Gasteiger partial charge in [-0.15, -0.1) is 0 Å². The fourth-order valence-corrected chi connectivity index (χ4v) is 1.51. The third-order valence-corrected chi connectivity index (χ3v) is 2.49. The number of ether oxygens (including phenoxy) is 4. The molecule has 110 valence electrons. The molecule has 0 bridgehead atoms. The Morgan fingerprint density at radius 2 is 1.56 bits per heavy atom. The van der Waals surface area contributed by atoms with Crippen LogP contribution in [0.4, 0.5) is 0 Å². The maximum Gasteiger partial charge on any atom is 0.104 e. The van der Waals surface area contributed by atoms with Crippen LogP contribution in [-0.2, 0) is 18.9 Å². The van der Waals surface area contributed by atoms with Crippen molar-refractivity contribution in [1.82, 2.24) is 0 Å². The molecule has 0 radical (unpaired) electrons. The number of hydrogen-bond acceptors (Lipinski definition) is 4. The van der Waals surface area contributed by atoms with Crippen LogP contribution in [0.3, 0.4) is 0 Å². The van der Waals surface area contributed by atoms with Gasteiger partial charge < -0.3 is 18.9 Å². The minimum atomic E-state index is 0.0484. The SMILES string of the molecule is CCCOC(COCC)COCCC(C)OCC. The van der Waals surface area contributed by atoms with Crippen LogP contribution in [0, 0.1) is 0 Å². The molecule has 0 amide bonds. The zero-order valence-electron chi connectivity index (χ0n) is 12.4. The zero-order chi connectivity index (χ0) is 13.6. The summed E-state index contributed by atoms with van der Waals surface area (Å²) in [5, 5.41) is 0. The summed E-state index contributed by atoms with van der Waals surface area (Å²) in [6, 6.07) is 0. The van der Waals surface area contributed by atoms with Crippen LogP contribution in [0.2, 0.25) is 0 Å². The predicted octanol–water partition coefficient (Wildman–Crippen LogP) is 2.65. The van der Waals surface area contributed by atoms with E-state index in [4.69, 9.17) is 18.9 Å². The maximum atomic E-state index is 5.67. The quantitative estimate of drug-likeness (QED) is 0.478. The van der Waals surface area contributed by atoms with Crippen molar-refractivity contribution in [3.05, 3.63) is 0 Å². The second-order valence-corrected chi connectivity index (χ2v) is 4.28. The van der Waals surface area contributed by atoms with E-state index < -0.39 is 0 Å². The highest BCUT2D eigenvalue weighted by molar-refractivity contribution is 4.56. The van der Waals surface area contributed by atoms with Crippen molar-refractivity contribution in [3.63, 3.8) is 0 Å². The first-order valence-electron chi connectivity index (χ1n) is 7.13. The molecular weight excluding hydrogens is 232 g/mol. The molecule has 0 saturated heterocycles. The molecule has 0 saturated carbocycles. The van der Waals surface area contributed by atoms with E-state index in [1.807, 2.05) is 13.8 Å². The highest BCUT2D eigenvalue weighted by Crippen LogP contribution is 2.01. The van der Waals surface area contributed by atoms with Crippen molar-refractivity contribution in [2.75, 3.05) is 39.6 Å². The van der Waals surface area contributed by atoms with E-state index >= 15 is 0 Å². The molecule has 0 aliphatic rings. The van der Waals surface area contributed by atoms with Crippen LogP contribution in [0.25, 0.3) is 0 Å². The molecule has 0 fully saturated rings. The molecule has 4 heteroatoms. The number of rotatable bonds is 13. The van der Waals surface area contributed by atoms with Crippen LogP contribution >= 0.6 is 0 Å². The first-order valence-corrected chi connectivity index (χ1v) is 7.13. The van der Waals surface area contributed by atoms with E-state index in [1.54, 1.807) is 0 Å². The Morgan fingerprint density at radius 1 is 0.833 bits per heavy atom. The Morgan fingerprint density at radius 3 is 2.17 bits per heavy atom. The summed E-state index contributed by atoms with van der Waals surface area (Å²) in [7, 11) is 0. The monoisotopic (exact) mass is 262 g/mol.